The summed E-state index contributed by atoms with van der Waals surface area (Å²) < 4.78 is 27.1. The predicted molar refractivity (Wildman–Crippen MR) is 79.0 cm³/mol. The molecule has 1 aliphatic rings. The zero-order valence-corrected chi connectivity index (χ0v) is 12.8. The van der Waals surface area contributed by atoms with Crippen LogP contribution in [0.3, 0.4) is 0 Å². The topological polar surface area (TPSA) is 86.7 Å². The first-order valence-corrected chi connectivity index (χ1v) is 8.45. The largest absolute Gasteiger partial charge is 0.478 e. The molecule has 6 nitrogen and oxygen atoms in total. The Hall–Kier alpha value is -1.44. The first-order valence-electron chi connectivity index (χ1n) is 6.97. The summed E-state index contributed by atoms with van der Waals surface area (Å²) in [4.78, 5) is 13.3. The molecular formula is C14H20N2O4S. The lowest BCUT2D eigenvalue weighted by Crippen LogP contribution is -2.33. The van der Waals surface area contributed by atoms with Crippen molar-refractivity contribution in [2.75, 3.05) is 26.2 Å². The van der Waals surface area contributed by atoms with Crippen LogP contribution >= 0.6 is 0 Å². The van der Waals surface area contributed by atoms with Gasteiger partial charge in [-0.15, -0.1) is 0 Å². The molecule has 1 fully saturated rings. The number of carbonyl (C=O) groups is 1. The van der Waals surface area contributed by atoms with Crippen molar-refractivity contribution in [2.45, 2.75) is 24.7 Å². The van der Waals surface area contributed by atoms with Crippen molar-refractivity contribution in [3.8, 4) is 0 Å². The van der Waals surface area contributed by atoms with Crippen LogP contribution in [0.5, 0.6) is 0 Å². The summed E-state index contributed by atoms with van der Waals surface area (Å²) in [5.74, 6) is -1.12. The van der Waals surface area contributed by atoms with Crippen molar-refractivity contribution in [2.24, 2.45) is 0 Å². The standard InChI is InChI=1S/C14H20N2O4S/c1-11-12(14(17)18)5-4-6-13(11)21(19,20)15-7-10-16-8-2-3-9-16/h4-6,15H,2-3,7-10H2,1H3,(H,17,18). The van der Waals surface area contributed by atoms with Crippen LogP contribution in [-0.4, -0.2) is 50.6 Å². The number of carboxylic acids is 1. The number of sulfonamides is 1. The molecule has 1 aliphatic heterocycles. The number of nitrogens with zero attached hydrogens (tertiary/aromatic N) is 1. The van der Waals surface area contributed by atoms with Gasteiger partial charge in [0.1, 0.15) is 0 Å². The second-order valence-corrected chi connectivity index (χ2v) is 6.92. The quantitative estimate of drug-likeness (QED) is 0.820. The molecule has 0 bridgehead atoms. The van der Waals surface area contributed by atoms with Gasteiger partial charge in [-0.25, -0.2) is 17.9 Å². The minimum atomic E-state index is -3.68. The molecule has 1 aromatic rings. The Bertz CT molecular complexity index is 622. The van der Waals surface area contributed by atoms with Crippen LogP contribution in [0.25, 0.3) is 0 Å². The maximum Gasteiger partial charge on any atom is 0.335 e. The molecule has 7 heteroatoms. The van der Waals surface area contributed by atoms with Gasteiger partial charge in [-0.05, 0) is 50.6 Å². The van der Waals surface area contributed by atoms with Gasteiger partial charge in [-0.1, -0.05) is 6.07 Å². The third kappa shape index (κ3) is 3.81. The smallest absolute Gasteiger partial charge is 0.335 e. The number of rotatable bonds is 6. The fourth-order valence-electron chi connectivity index (χ4n) is 2.56. The first-order chi connectivity index (χ1) is 9.92. The van der Waals surface area contributed by atoms with Gasteiger partial charge in [0, 0.05) is 13.1 Å². The van der Waals surface area contributed by atoms with Gasteiger partial charge in [-0.3, -0.25) is 0 Å². The molecular weight excluding hydrogens is 292 g/mol. The van der Waals surface area contributed by atoms with E-state index in [4.69, 9.17) is 5.11 Å². The van der Waals surface area contributed by atoms with Gasteiger partial charge in [0.2, 0.25) is 10.0 Å². The van der Waals surface area contributed by atoms with E-state index in [2.05, 4.69) is 9.62 Å². The van der Waals surface area contributed by atoms with E-state index in [0.29, 0.717) is 13.1 Å². The van der Waals surface area contributed by atoms with E-state index in [0.717, 1.165) is 25.9 Å². The summed E-state index contributed by atoms with van der Waals surface area (Å²) in [7, 11) is -3.68. The number of likely N-dealkylation sites (tertiary alicyclic amines) is 1. The number of hydrogen-bond donors (Lipinski definition) is 2. The molecule has 0 atom stereocenters. The van der Waals surface area contributed by atoms with Gasteiger partial charge < -0.3 is 10.0 Å². The number of carboxylic acid groups (broad SMARTS) is 1. The van der Waals surface area contributed by atoms with E-state index in [-0.39, 0.29) is 16.0 Å². The molecule has 116 valence electrons. The van der Waals surface area contributed by atoms with Crippen LogP contribution in [-0.2, 0) is 10.0 Å². The lowest BCUT2D eigenvalue weighted by Gasteiger charge is -2.15. The molecule has 21 heavy (non-hydrogen) atoms. The third-order valence-electron chi connectivity index (χ3n) is 3.72. The highest BCUT2D eigenvalue weighted by Gasteiger charge is 2.20. The maximum atomic E-state index is 12.3. The van der Waals surface area contributed by atoms with Gasteiger partial charge in [-0.2, -0.15) is 0 Å². The van der Waals surface area contributed by atoms with Crippen LogP contribution in [0.4, 0.5) is 0 Å². The van der Waals surface area contributed by atoms with Crippen LogP contribution < -0.4 is 4.72 Å². The summed E-state index contributed by atoms with van der Waals surface area (Å²) >= 11 is 0. The SMILES string of the molecule is Cc1c(C(=O)O)cccc1S(=O)(=O)NCCN1CCCC1. The van der Waals surface area contributed by atoms with Crippen LogP contribution in [0.1, 0.15) is 28.8 Å². The lowest BCUT2D eigenvalue weighted by molar-refractivity contribution is 0.0696. The monoisotopic (exact) mass is 312 g/mol. The summed E-state index contributed by atoms with van der Waals surface area (Å²) in [6.45, 7) is 4.54. The number of hydrogen-bond acceptors (Lipinski definition) is 4. The molecule has 2 rings (SSSR count). The Morgan fingerprint density at radius 1 is 1.33 bits per heavy atom. The normalized spacial score (nSPS) is 16.2. The van der Waals surface area contributed by atoms with E-state index in [1.54, 1.807) is 0 Å². The molecule has 0 spiro atoms. The summed E-state index contributed by atoms with van der Waals surface area (Å²) in [5, 5.41) is 9.05. The highest BCUT2D eigenvalue weighted by Crippen LogP contribution is 2.18. The van der Waals surface area contributed by atoms with Crippen LogP contribution in [0.15, 0.2) is 23.1 Å². The van der Waals surface area contributed by atoms with Crippen LogP contribution in [0.2, 0.25) is 0 Å². The number of benzene rings is 1. The molecule has 0 unspecified atom stereocenters. The summed E-state index contributed by atoms with van der Waals surface area (Å²) in [6.07, 6.45) is 2.32. The third-order valence-corrected chi connectivity index (χ3v) is 5.33. The maximum absolute atomic E-state index is 12.3. The van der Waals surface area contributed by atoms with E-state index in [1.165, 1.54) is 25.1 Å². The second-order valence-electron chi connectivity index (χ2n) is 5.18. The van der Waals surface area contributed by atoms with Crippen molar-refractivity contribution >= 4 is 16.0 Å². The molecule has 1 saturated heterocycles. The molecule has 0 amide bonds. The molecule has 2 N–H and O–H groups in total. The van der Waals surface area contributed by atoms with Crippen molar-refractivity contribution in [3.05, 3.63) is 29.3 Å². The molecule has 0 aromatic heterocycles. The number of nitrogens with one attached hydrogen (secondary N) is 1. The Morgan fingerprint density at radius 3 is 2.62 bits per heavy atom. The first kappa shape index (κ1) is 15.9. The summed E-state index contributed by atoms with van der Waals surface area (Å²) in [6, 6.07) is 4.28. The van der Waals surface area contributed by atoms with E-state index in [9.17, 15) is 13.2 Å². The Labute approximate surface area is 124 Å². The molecule has 0 radical (unpaired) electrons. The Balaban J connectivity index is 2.08. The fraction of sp³-hybridized carbons (Fsp3) is 0.500. The van der Waals surface area contributed by atoms with Gasteiger partial charge in [0.05, 0.1) is 10.5 Å². The zero-order valence-electron chi connectivity index (χ0n) is 12.0. The fourth-order valence-corrected chi connectivity index (χ4v) is 3.85. The highest BCUT2D eigenvalue weighted by molar-refractivity contribution is 7.89. The average Bonchev–Trinajstić information content (AvgIpc) is 2.91. The van der Waals surface area contributed by atoms with Crippen molar-refractivity contribution in [3.63, 3.8) is 0 Å². The van der Waals surface area contributed by atoms with E-state index in [1.807, 2.05) is 0 Å². The van der Waals surface area contributed by atoms with E-state index >= 15 is 0 Å². The Kier molecular flexibility index (Phi) is 4.97. The minimum absolute atomic E-state index is 0.0115. The van der Waals surface area contributed by atoms with Gasteiger partial charge >= 0.3 is 5.97 Å². The molecule has 1 heterocycles. The number of aromatic carboxylic acids is 1. The average molecular weight is 312 g/mol. The van der Waals surface area contributed by atoms with Gasteiger partial charge in [0.25, 0.3) is 0 Å². The summed E-state index contributed by atoms with van der Waals surface area (Å²) in [5.41, 5.74) is 0.274. The molecule has 0 aliphatic carbocycles. The van der Waals surface area contributed by atoms with Crippen molar-refractivity contribution < 1.29 is 18.3 Å². The minimum Gasteiger partial charge on any atom is -0.478 e. The predicted octanol–water partition coefficient (Wildman–Crippen LogP) is 1.07. The lowest BCUT2D eigenvalue weighted by atomic mass is 10.1. The zero-order chi connectivity index (χ0) is 15.5. The van der Waals surface area contributed by atoms with Crippen molar-refractivity contribution in [1.29, 1.82) is 0 Å². The highest BCUT2D eigenvalue weighted by atomic mass is 32.2. The van der Waals surface area contributed by atoms with E-state index < -0.39 is 16.0 Å². The second kappa shape index (κ2) is 6.55. The molecule has 1 aromatic carbocycles. The molecule has 0 saturated carbocycles. The van der Waals surface area contributed by atoms with Crippen molar-refractivity contribution in [1.82, 2.24) is 9.62 Å². The van der Waals surface area contributed by atoms with Crippen LogP contribution in [0, 0.1) is 6.92 Å². The Morgan fingerprint density at radius 2 is 2.00 bits per heavy atom. The van der Waals surface area contributed by atoms with Gasteiger partial charge in [0.15, 0.2) is 0 Å².